The molecule has 1 rings (SSSR count). The Balaban J connectivity index is 2.73. The topological polar surface area (TPSA) is 64.4 Å². The Morgan fingerprint density at radius 1 is 1.56 bits per heavy atom. The predicted molar refractivity (Wildman–Crippen MR) is 74.3 cm³/mol. The van der Waals surface area contributed by atoms with Crippen LogP contribution in [-0.4, -0.2) is 30.1 Å². The molecule has 0 aromatic heterocycles. The molecule has 0 spiro atoms. The van der Waals surface area contributed by atoms with Crippen LogP contribution in [0.5, 0.6) is 5.75 Å². The van der Waals surface area contributed by atoms with Crippen molar-refractivity contribution in [2.45, 2.75) is 19.5 Å². The average Bonchev–Trinajstić information content (AvgIpc) is 2.36. The van der Waals surface area contributed by atoms with Gasteiger partial charge in [0, 0.05) is 24.4 Å². The fourth-order valence-electron chi connectivity index (χ4n) is 1.59. The Morgan fingerprint density at radius 3 is 2.83 bits per heavy atom. The largest absolute Gasteiger partial charge is 0.490 e. The van der Waals surface area contributed by atoms with Crippen LogP contribution in [0.25, 0.3) is 0 Å². The highest BCUT2D eigenvalue weighted by molar-refractivity contribution is 7.98. The number of benzene rings is 1. The second-order valence-corrected chi connectivity index (χ2v) is 4.91. The molecule has 0 saturated carbocycles. The second-order valence-electron chi connectivity index (χ2n) is 4.00. The van der Waals surface area contributed by atoms with Crippen molar-refractivity contribution in [2.24, 2.45) is 0 Å². The highest BCUT2D eigenvalue weighted by atomic mass is 32.2. The van der Waals surface area contributed by atoms with E-state index in [4.69, 9.17) is 4.74 Å². The van der Waals surface area contributed by atoms with Gasteiger partial charge in [-0.1, -0.05) is 6.07 Å². The molecule has 0 saturated heterocycles. The summed E-state index contributed by atoms with van der Waals surface area (Å²) in [5.41, 5.74) is 0.893. The quantitative estimate of drug-likeness (QED) is 0.609. The summed E-state index contributed by atoms with van der Waals surface area (Å²) in [5.74, 6) is 1.30. The van der Waals surface area contributed by atoms with Crippen LogP contribution < -0.4 is 10.1 Å². The van der Waals surface area contributed by atoms with E-state index >= 15 is 0 Å². The van der Waals surface area contributed by atoms with E-state index in [1.807, 2.05) is 6.07 Å². The molecular weight excluding hydrogens is 252 g/mol. The highest BCUT2D eigenvalue weighted by Crippen LogP contribution is 2.27. The van der Waals surface area contributed by atoms with Crippen molar-refractivity contribution in [1.82, 2.24) is 5.32 Å². The van der Waals surface area contributed by atoms with Gasteiger partial charge in [-0.2, -0.15) is 11.8 Å². The molecule has 0 bridgehead atoms. The first kappa shape index (κ1) is 14.8. The maximum atomic E-state index is 10.9. The molecule has 5 nitrogen and oxygen atoms in total. The number of nitrogens with zero attached hydrogens (tertiary/aromatic N) is 1. The van der Waals surface area contributed by atoms with E-state index in [-0.39, 0.29) is 5.69 Å². The minimum absolute atomic E-state index is 0.00863. The lowest BCUT2D eigenvalue weighted by Crippen LogP contribution is -2.27. The van der Waals surface area contributed by atoms with Gasteiger partial charge in [-0.15, -0.1) is 0 Å². The van der Waals surface area contributed by atoms with E-state index < -0.39 is 4.92 Å². The lowest BCUT2D eigenvalue weighted by molar-refractivity contribution is -0.385. The van der Waals surface area contributed by atoms with Crippen molar-refractivity contribution in [3.63, 3.8) is 0 Å². The number of hydrogen-bond donors (Lipinski definition) is 1. The van der Waals surface area contributed by atoms with Crippen LogP contribution in [0.2, 0.25) is 0 Å². The summed E-state index contributed by atoms with van der Waals surface area (Å²) in [6.07, 6.45) is 2.05. The smallest absolute Gasteiger partial charge is 0.311 e. The van der Waals surface area contributed by atoms with Gasteiger partial charge in [-0.05, 0) is 24.8 Å². The van der Waals surface area contributed by atoms with Crippen LogP contribution in [0.4, 0.5) is 5.69 Å². The van der Waals surface area contributed by atoms with E-state index in [0.717, 1.165) is 11.3 Å². The van der Waals surface area contributed by atoms with Crippen LogP contribution in [-0.2, 0) is 6.54 Å². The maximum Gasteiger partial charge on any atom is 0.311 e. The summed E-state index contributed by atoms with van der Waals surface area (Å²) in [5, 5.41) is 14.2. The molecule has 0 fully saturated rings. The van der Waals surface area contributed by atoms with Crippen LogP contribution in [0.1, 0.15) is 12.5 Å². The van der Waals surface area contributed by atoms with E-state index in [1.165, 1.54) is 7.11 Å². The molecule has 0 aliphatic carbocycles. The first-order valence-corrected chi connectivity index (χ1v) is 7.01. The summed E-state index contributed by atoms with van der Waals surface area (Å²) in [4.78, 5) is 10.5. The van der Waals surface area contributed by atoms with Crippen LogP contribution >= 0.6 is 11.8 Å². The van der Waals surface area contributed by atoms with Crippen molar-refractivity contribution in [2.75, 3.05) is 19.1 Å². The van der Waals surface area contributed by atoms with Gasteiger partial charge >= 0.3 is 5.69 Å². The molecule has 0 aliphatic rings. The van der Waals surface area contributed by atoms with Gasteiger partial charge in [0.25, 0.3) is 0 Å². The standard InChI is InChI=1S/C12H18N2O3S/c1-9(8-18-3)13-7-10-4-5-12(17-2)11(6-10)14(15)16/h4-6,9,13H,7-8H2,1-3H3. The Bertz CT molecular complexity index is 412. The maximum absolute atomic E-state index is 10.9. The SMILES string of the molecule is COc1ccc(CNC(C)CSC)cc1[N+](=O)[O-]. The summed E-state index contributed by atoms with van der Waals surface area (Å²) in [7, 11) is 1.43. The Morgan fingerprint density at radius 2 is 2.28 bits per heavy atom. The van der Waals surface area contributed by atoms with Gasteiger partial charge in [0.15, 0.2) is 5.75 Å². The number of nitro groups is 1. The van der Waals surface area contributed by atoms with Crippen molar-refractivity contribution in [3.05, 3.63) is 33.9 Å². The summed E-state index contributed by atoms with van der Waals surface area (Å²) >= 11 is 1.77. The summed E-state index contributed by atoms with van der Waals surface area (Å²) in [6, 6.07) is 5.40. The van der Waals surface area contributed by atoms with Gasteiger partial charge in [-0.3, -0.25) is 10.1 Å². The molecule has 6 heteroatoms. The van der Waals surface area contributed by atoms with Crippen LogP contribution in [0.3, 0.4) is 0 Å². The highest BCUT2D eigenvalue weighted by Gasteiger charge is 2.15. The number of hydrogen-bond acceptors (Lipinski definition) is 5. The van der Waals surface area contributed by atoms with Crippen molar-refractivity contribution >= 4 is 17.4 Å². The monoisotopic (exact) mass is 270 g/mol. The summed E-state index contributed by atoms with van der Waals surface area (Å²) in [6.45, 7) is 2.71. The zero-order chi connectivity index (χ0) is 13.5. The van der Waals surface area contributed by atoms with Crippen molar-refractivity contribution in [1.29, 1.82) is 0 Å². The fraction of sp³-hybridized carbons (Fsp3) is 0.500. The molecule has 1 N–H and O–H groups in total. The predicted octanol–water partition coefficient (Wildman–Crippen LogP) is 2.44. The third-order valence-corrected chi connectivity index (χ3v) is 3.34. The van der Waals surface area contributed by atoms with Gasteiger partial charge in [0.2, 0.25) is 0 Å². The average molecular weight is 270 g/mol. The van der Waals surface area contributed by atoms with E-state index in [1.54, 1.807) is 23.9 Å². The minimum Gasteiger partial charge on any atom is -0.490 e. The Labute approximate surface area is 111 Å². The van der Waals surface area contributed by atoms with Gasteiger partial charge in [0.05, 0.1) is 12.0 Å². The number of methoxy groups -OCH3 is 1. The van der Waals surface area contributed by atoms with Gasteiger partial charge < -0.3 is 10.1 Å². The second kappa shape index (κ2) is 7.23. The first-order valence-electron chi connectivity index (χ1n) is 5.62. The third kappa shape index (κ3) is 4.19. The third-order valence-electron chi connectivity index (χ3n) is 2.51. The molecule has 1 aromatic carbocycles. The number of rotatable bonds is 7. The number of ether oxygens (including phenoxy) is 1. The van der Waals surface area contributed by atoms with Crippen LogP contribution in [0, 0.1) is 10.1 Å². The van der Waals surface area contributed by atoms with Gasteiger partial charge in [0.1, 0.15) is 0 Å². The number of nitrogens with one attached hydrogen (secondary N) is 1. The molecule has 18 heavy (non-hydrogen) atoms. The normalized spacial score (nSPS) is 12.2. The molecule has 0 aliphatic heterocycles. The van der Waals surface area contributed by atoms with Crippen molar-refractivity contribution in [3.8, 4) is 5.75 Å². The molecule has 0 amide bonds. The van der Waals surface area contributed by atoms with E-state index in [0.29, 0.717) is 18.3 Å². The molecular formula is C12H18N2O3S. The number of thioether (sulfide) groups is 1. The zero-order valence-electron chi connectivity index (χ0n) is 10.8. The van der Waals surface area contributed by atoms with Gasteiger partial charge in [-0.25, -0.2) is 0 Å². The molecule has 100 valence electrons. The molecule has 0 radical (unpaired) electrons. The summed E-state index contributed by atoms with van der Waals surface area (Å²) < 4.78 is 4.96. The molecule has 1 aromatic rings. The van der Waals surface area contributed by atoms with E-state index in [9.17, 15) is 10.1 Å². The van der Waals surface area contributed by atoms with Crippen molar-refractivity contribution < 1.29 is 9.66 Å². The Hall–Kier alpha value is -1.27. The van der Waals surface area contributed by atoms with Crippen LogP contribution in [0.15, 0.2) is 18.2 Å². The lowest BCUT2D eigenvalue weighted by Gasteiger charge is -2.12. The van der Waals surface area contributed by atoms with E-state index in [2.05, 4.69) is 18.5 Å². The molecule has 1 atom stereocenters. The molecule has 1 unspecified atom stereocenters. The lowest BCUT2D eigenvalue weighted by atomic mass is 10.2. The minimum atomic E-state index is -0.423. The zero-order valence-corrected chi connectivity index (χ0v) is 11.6. The number of nitro benzene ring substituents is 1. The first-order chi connectivity index (χ1) is 8.58. The molecule has 0 heterocycles. The fourth-order valence-corrected chi connectivity index (χ4v) is 2.21. The Kier molecular flexibility index (Phi) is 5.94.